The Morgan fingerprint density at radius 3 is 2.06 bits per heavy atom. The Morgan fingerprint density at radius 2 is 1.81 bits per heavy atom. The molecule has 0 saturated heterocycles. The van der Waals surface area contributed by atoms with E-state index < -0.39 is 29.5 Å². The fourth-order valence-corrected chi connectivity index (χ4v) is 1.27. The number of nitrogens with one attached hydrogen (secondary N) is 1. The van der Waals surface area contributed by atoms with Crippen molar-refractivity contribution in [2.45, 2.75) is 32.0 Å². The van der Waals surface area contributed by atoms with Gasteiger partial charge in [0.05, 0.1) is 0 Å². The molecule has 0 aliphatic heterocycles. The first-order valence-corrected chi connectivity index (χ1v) is 4.71. The normalized spacial score (nSPS) is 28.1. The van der Waals surface area contributed by atoms with E-state index in [1.807, 2.05) is 0 Å². The van der Waals surface area contributed by atoms with E-state index in [9.17, 15) is 22.8 Å². The molecule has 3 atom stereocenters. The van der Waals surface area contributed by atoms with Gasteiger partial charge in [0.15, 0.2) is 0 Å². The van der Waals surface area contributed by atoms with Gasteiger partial charge in [0.2, 0.25) is 11.4 Å². The van der Waals surface area contributed by atoms with Crippen molar-refractivity contribution >= 4 is 11.9 Å². The molecule has 1 fully saturated rings. The second-order valence-electron chi connectivity index (χ2n) is 4.24. The molecule has 0 aromatic rings. The molecule has 2 N–H and O–H groups in total. The van der Waals surface area contributed by atoms with Crippen molar-refractivity contribution < 1.29 is 27.9 Å². The van der Waals surface area contributed by atoms with E-state index in [-0.39, 0.29) is 5.92 Å². The molecule has 1 rings (SSSR count). The molecular formula is C9H12F3NO3. The highest BCUT2D eigenvalue weighted by molar-refractivity contribution is 5.89. The van der Waals surface area contributed by atoms with Crippen molar-refractivity contribution in [3.8, 4) is 0 Å². The van der Waals surface area contributed by atoms with Gasteiger partial charge < -0.3 is 10.4 Å². The van der Waals surface area contributed by atoms with Crippen molar-refractivity contribution in [1.29, 1.82) is 0 Å². The SMILES string of the molecule is CC1CC1C(=O)NC(C)(C(=O)O)C(F)(F)F. The molecule has 4 nitrogen and oxygen atoms in total. The molecule has 7 heteroatoms. The Morgan fingerprint density at radius 1 is 1.38 bits per heavy atom. The summed E-state index contributed by atoms with van der Waals surface area (Å²) in [6.07, 6.45) is -4.52. The van der Waals surface area contributed by atoms with E-state index in [0.717, 1.165) is 0 Å². The minimum atomic E-state index is -5.02. The van der Waals surface area contributed by atoms with Gasteiger partial charge in [-0.1, -0.05) is 6.92 Å². The molecule has 1 aliphatic carbocycles. The number of alkyl halides is 3. The van der Waals surface area contributed by atoms with Crippen LogP contribution >= 0.6 is 0 Å². The number of rotatable bonds is 3. The topological polar surface area (TPSA) is 66.4 Å². The predicted octanol–water partition coefficient (Wildman–Crippen LogP) is 1.16. The summed E-state index contributed by atoms with van der Waals surface area (Å²) in [6, 6.07) is 0. The molecular weight excluding hydrogens is 227 g/mol. The number of hydrogen-bond donors (Lipinski definition) is 2. The van der Waals surface area contributed by atoms with Gasteiger partial charge in [0.25, 0.3) is 0 Å². The largest absolute Gasteiger partial charge is 0.479 e. The second kappa shape index (κ2) is 3.64. The van der Waals surface area contributed by atoms with Gasteiger partial charge in [-0.15, -0.1) is 0 Å². The highest BCUT2D eigenvalue weighted by atomic mass is 19.4. The van der Waals surface area contributed by atoms with Crippen LogP contribution in [0, 0.1) is 11.8 Å². The highest BCUT2D eigenvalue weighted by Gasteiger charge is 2.59. The second-order valence-corrected chi connectivity index (χ2v) is 4.24. The molecule has 0 aromatic heterocycles. The monoisotopic (exact) mass is 239 g/mol. The third-order valence-electron chi connectivity index (χ3n) is 2.81. The van der Waals surface area contributed by atoms with Gasteiger partial charge in [-0.25, -0.2) is 4.79 Å². The van der Waals surface area contributed by atoms with Crippen LogP contribution in [0.3, 0.4) is 0 Å². The van der Waals surface area contributed by atoms with E-state index >= 15 is 0 Å². The average molecular weight is 239 g/mol. The first kappa shape index (κ1) is 12.8. The van der Waals surface area contributed by atoms with Gasteiger partial charge >= 0.3 is 12.1 Å². The Labute approximate surface area is 89.8 Å². The summed E-state index contributed by atoms with van der Waals surface area (Å²) in [4.78, 5) is 21.9. The lowest BCUT2D eigenvalue weighted by Gasteiger charge is -2.28. The van der Waals surface area contributed by atoms with Crippen LogP contribution in [-0.2, 0) is 9.59 Å². The Kier molecular flexibility index (Phi) is 2.91. The summed E-state index contributed by atoms with van der Waals surface area (Å²) in [5.74, 6) is -3.44. The molecule has 0 heterocycles. The fraction of sp³-hybridized carbons (Fsp3) is 0.778. The summed E-state index contributed by atoms with van der Waals surface area (Å²) < 4.78 is 37.5. The lowest BCUT2D eigenvalue weighted by Crippen LogP contribution is -2.62. The van der Waals surface area contributed by atoms with Crippen LogP contribution in [0.15, 0.2) is 0 Å². The third kappa shape index (κ3) is 2.12. The minimum absolute atomic E-state index is 0.0197. The average Bonchev–Trinajstić information content (AvgIpc) is 2.80. The van der Waals surface area contributed by atoms with Crippen molar-refractivity contribution in [2.75, 3.05) is 0 Å². The third-order valence-corrected chi connectivity index (χ3v) is 2.81. The predicted molar refractivity (Wildman–Crippen MR) is 47.5 cm³/mol. The molecule has 1 aliphatic rings. The molecule has 0 aromatic carbocycles. The van der Waals surface area contributed by atoms with Crippen LogP contribution in [0.4, 0.5) is 13.2 Å². The van der Waals surface area contributed by atoms with Crippen LogP contribution in [-0.4, -0.2) is 28.7 Å². The van der Waals surface area contributed by atoms with Gasteiger partial charge in [-0.05, 0) is 19.3 Å². The number of halogens is 3. The number of carboxylic acid groups (broad SMARTS) is 1. The summed E-state index contributed by atoms with van der Waals surface area (Å²) in [5, 5.41) is 10.1. The first-order valence-electron chi connectivity index (χ1n) is 4.71. The van der Waals surface area contributed by atoms with E-state index in [1.165, 1.54) is 0 Å². The quantitative estimate of drug-likeness (QED) is 0.776. The molecule has 0 radical (unpaired) electrons. The maximum atomic E-state index is 12.5. The van der Waals surface area contributed by atoms with Crippen LogP contribution < -0.4 is 5.32 Å². The van der Waals surface area contributed by atoms with Crippen molar-refractivity contribution in [1.82, 2.24) is 5.32 Å². The maximum absolute atomic E-state index is 12.5. The van der Waals surface area contributed by atoms with Crippen LogP contribution in [0.1, 0.15) is 20.3 Å². The summed E-state index contributed by atoms with van der Waals surface area (Å²) in [6.45, 7) is 2.16. The summed E-state index contributed by atoms with van der Waals surface area (Å²) in [5.41, 5.74) is -3.22. The smallest absolute Gasteiger partial charge is 0.422 e. The van der Waals surface area contributed by atoms with E-state index in [0.29, 0.717) is 13.3 Å². The van der Waals surface area contributed by atoms with Gasteiger partial charge in [-0.3, -0.25) is 4.79 Å². The number of hydrogen-bond acceptors (Lipinski definition) is 2. The lowest BCUT2D eigenvalue weighted by atomic mass is 10.0. The Balaban J connectivity index is 2.80. The summed E-state index contributed by atoms with van der Waals surface area (Å²) in [7, 11) is 0. The number of carboxylic acids is 1. The maximum Gasteiger partial charge on any atom is 0.422 e. The molecule has 0 bridgehead atoms. The van der Waals surface area contributed by atoms with Crippen LogP contribution in [0.5, 0.6) is 0 Å². The zero-order valence-corrected chi connectivity index (χ0v) is 8.76. The lowest BCUT2D eigenvalue weighted by molar-refractivity contribution is -0.207. The highest BCUT2D eigenvalue weighted by Crippen LogP contribution is 2.39. The van der Waals surface area contributed by atoms with Crippen LogP contribution in [0.25, 0.3) is 0 Å². The number of carbonyl (C=O) groups excluding carboxylic acids is 1. The molecule has 92 valence electrons. The molecule has 1 saturated carbocycles. The fourth-order valence-electron chi connectivity index (χ4n) is 1.27. The molecule has 3 unspecified atom stereocenters. The molecule has 16 heavy (non-hydrogen) atoms. The van der Waals surface area contributed by atoms with Crippen molar-refractivity contribution in [2.24, 2.45) is 11.8 Å². The number of amides is 1. The van der Waals surface area contributed by atoms with E-state index in [4.69, 9.17) is 5.11 Å². The van der Waals surface area contributed by atoms with Crippen LogP contribution in [0.2, 0.25) is 0 Å². The molecule has 1 amide bonds. The zero-order valence-electron chi connectivity index (χ0n) is 8.76. The summed E-state index contributed by atoms with van der Waals surface area (Å²) >= 11 is 0. The Hall–Kier alpha value is -1.27. The first-order chi connectivity index (χ1) is 7.09. The van der Waals surface area contributed by atoms with Gasteiger partial charge in [-0.2, -0.15) is 13.2 Å². The van der Waals surface area contributed by atoms with E-state index in [2.05, 4.69) is 0 Å². The number of carbonyl (C=O) groups is 2. The molecule has 0 spiro atoms. The van der Waals surface area contributed by atoms with Crippen molar-refractivity contribution in [3.05, 3.63) is 0 Å². The number of aliphatic carboxylic acids is 1. The van der Waals surface area contributed by atoms with E-state index in [1.54, 1.807) is 12.2 Å². The van der Waals surface area contributed by atoms with Gasteiger partial charge in [0.1, 0.15) is 0 Å². The van der Waals surface area contributed by atoms with Crippen molar-refractivity contribution in [3.63, 3.8) is 0 Å². The minimum Gasteiger partial charge on any atom is -0.479 e. The Bertz CT molecular complexity index is 328. The van der Waals surface area contributed by atoms with Gasteiger partial charge in [0, 0.05) is 5.92 Å². The zero-order chi connectivity index (χ0) is 12.7. The standard InChI is InChI=1S/C9H12F3NO3/c1-4-3-5(4)6(14)13-8(2,7(15)16)9(10,11)12/h4-5H,3H2,1-2H3,(H,13,14)(H,15,16).